The number of amides is 1. The van der Waals surface area contributed by atoms with Crippen LogP contribution in [0.15, 0.2) is 17.3 Å². The maximum atomic E-state index is 11.2. The van der Waals surface area contributed by atoms with Crippen LogP contribution in [0.5, 0.6) is 0 Å². The summed E-state index contributed by atoms with van der Waals surface area (Å²) in [6.07, 6.45) is 3.22. The van der Waals surface area contributed by atoms with E-state index in [4.69, 9.17) is 5.14 Å². The number of carboxylic acid groups (broad SMARTS) is 1. The van der Waals surface area contributed by atoms with Crippen LogP contribution in [0.1, 0.15) is 33.1 Å². The van der Waals surface area contributed by atoms with E-state index < -0.39 is 16.1 Å². The Morgan fingerprint density at radius 1 is 1.55 bits per heavy atom. The Bertz CT molecular complexity index is 653. The van der Waals surface area contributed by atoms with E-state index in [0.717, 1.165) is 19.3 Å². The summed E-state index contributed by atoms with van der Waals surface area (Å²) in [5.74, 6) is 0.319. The number of carbonyl (C=O) groups is 1. The van der Waals surface area contributed by atoms with Crippen LogP contribution in [0.3, 0.4) is 0 Å². The highest BCUT2D eigenvalue weighted by molar-refractivity contribution is 7.89. The fourth-order valence-electron chi connectivity index (χ4n) is 3.08. The maximum Gasteiger partial charge on any atom is 0.407 e. The topological polar surface area (TPSA) is 119 Å². The summed E-state index contributed by atoms with van der Waals surface area (Å²) < 4.78 is 23.8. The zero-order valence-electron chi connectivity index (χ0n) is 12.8. The molecule has 124 valence electrons. The Hall–Kier alpha value is -1.61. The second kappa shape index (κ2) is 5.88. The molecule has 0 spiro atoms. The molecule has 1 aromatic heterocycles. The molecule has 1 aliphatic rings. The van der Waals surface area contributed by atoms with Gasteiger partial charge in [0.1, 0.15) is 0 Å². The van der Waals surface area contributed by atoms with Gasteiger partial charge < -0.3 is 10.0 Å². The molecule has 0 aromatic carbocycles. The number of sulfonamides is 1. The van der Waals surface area contributed by atoms with Crippen LogP contribution in [0.2, 0.25) is 0 Å². The smallest absolute Gasteiger partial charge is 0.407 e. The highest BCUT2D eigenvalue weighted by Gasteiger charge is 2.40. The summed E-state index contributed by atoms with van der Waals surface area (Å²) in [4.78, 5) is 12.7. The van der Waals surface area contributed by atoms with Gasteiger partial charge in [-0.15, -0.1) is 0 Å². The van der Waals surface area contributed by atoms with Gasteiger partial charge in [0.25, 0.3) is 10.0 Å². The lowest BCUT2D eigenvalue weighted by Gasteiger charge is -2.28. The summed E-state index contributed by atoms with van der Waals surface area (Å²) in [6, 6.07) is 1.38. The van der Waals surface area contributed by atoms with E-state index >= 15 is 0 Å². The zero-order chi connectivity index (χ0) is 16.5. The molecule has 22 heavy (non-hydrogen) atoms. The molecule has 9 heteroatoms. The van der Waals surface area contributed by atoms with E-state index in [1.165, 1.54) is 11.0 Å². The summed E-state index contributed by atoms with van der Waals surface area (Å²) in [7, 11) is -3.76. The van der Waals surface area contributed by atoms with Crippen LogP contribution in [0, 0.1) is 5.92 Å². The van der Waals surface area contributed by atoms with Crippen molar-refractivity contribution in [3.8, 4) is 0 Å². The van der Waals surface area contributed by atoms with Gasteiger partial charge in [-0.1, -0.05) is 0 Å². The van der Waals surface area contributed by atoms with Crippen LogP contribution in [0.25, 0.3) is 0 Å². The molecule has 8 nitrogen and oxygen atoms in total. The first-order chi connectivity index (χ1) is 10.1. The molecule has 0 bridgehead atoms. The van der Waals surface area contributed by atoms with Gasteiger partial charge in [-0.2, -0.15) is 5.10 Å². The van der Waals surface area contributed by atoms with Crippen LogP contribution in [-0.4, -0.2) is 46.4 Å². The number of nitrogens with two attached hydrogens (primary N) is 1. The third kappa shape index (κ3) is 3.77. The first-order valence-corrected chi connectivity index (χ1v) is 8.71. The Kier molecular flexibility index (Phi) is 4.48. The van der Waals surface area contributed by atoms with Crippen molar-refractivity contribution in [1.29, 1.82) is 0 Å². The standard InChI is InChI=1S/C13H22N4O4S/c1-13(2)8-10(9-17(13)12(18)19)4-3-6-16-7-5-11(15-16)22(14,20)21/h5,7,10H,3-4,6,8-9H2,1-2H3,(H,18,19)(H2,14,20,21)/t10-/m0/s1. The summed E-state index contributed by atoms with van der Waals surface area (Å²) in [5.41, 5.74) is -0.330. The van der Waals surface area contributed by atoms with E-state index in [9.17, 15) is 18.3 Å². The Morgan fingerprint density at radius 3 is 2.73 bits per heavy atom. The minimum absolute atomic E-state index is 0.133. The number of rotatable bonds is 5. The van der Waals surface area contributed by atoms with Gasteiger partial charge in [-0.3, -0.25) is 4.68 Å². The molecule has 1 atom stereocenters. The first kappa shape index (κ1) is 16.8. The lowest BCUT2D eigenvalue weighted by molar-refractivity contribution is 0.117. The van der Waals surface area contributed by atoms with Crippen molar-refractivity contribution in [3.05, 3.63) is 12.3 Å². The lowest BCUT2D eigenvalue weighted by atomic mass is 9.93. The van der Waals surface area contributed by atoms with Gasteiger partial charge in [0.05, 0.1) is 0 Å². The van der Waals surface area contributed by atoms with Crippen LogP contribution in [-0.2, 0) is 16.6 Å². The van der Waals surface area contributed by atoms with Crippen molar-refractivity contribution >= 4 is 16.1 Å². The number of hydrogen-bond acceptors (Lipinski definition) is 4. The van der Waals surface area contributed by atoms with E-state index in [-0.39, 0.29) is 10.6 Å². The highest BCUT2D eigenvalue weighted by atomic mass is 32.2. The molecule has 0 radical (unpaired) electrons. The van der Waals surface area contributed by atoms with Gasteiger partial charge in [0.15, 0.2) is 5.03 Å². The van der Waals surface area contributed by atoms with Crippen molar-refractivity contribution in [1.82, 2.24) is 14.7 Å². The van der Waals surface area contributed by atoms with Gasteiger partial charge in [-0.25, -0.2) is 18.4 Å². The van der Waals surface area contributed by atoms with Crippen molar-refractivity contribution in [2.45, 2.75) is 50.2 Å². The predicted octanol–water partition coefficient (Wildman–Crippen LogP) is 1.09. The SMILES string of the molecule is CC1(C)C[C@H](CCCn2ccc(S(N)(=O)=O)n2)CN1C(=O)O. The third-order valence-corrected chi connectivity index (χ3v) is 4.90. The van der Waals surface area contributed by atoms with Gasteiger partial charge in [0.2, 0.25) is 0 Å². The van der Waals surface area contributed by atoms with E-state index in [1.807, 2.05) is 13.8 Å². The van der Waals surface area contributed by atoms with Crippen molar-refractivity contribution in [3.63, 3.8) is 0 Å². The summed E-state index contributed by atoms with van der Waals surface area (Å²) >= 11 is 0. The molecule has 1 fully saturated rings. The van der Waals surface area contributed by atoms with E-state index in [0.29, 0.717) is 19.0 Å². The average Bonchev–Trinajstić information content (AvgIpc) is 2.93. The monoisotopic (exact) mass is 330 g/mol. The fraction of sp³-hybridized carbons (Fsp3) is 0.692. The Balaban J connectivity index is 1.85. The molecule has 0 unspecified atom stereocenters. The number of primary sulfonamides is 1. The molecule has 1 aliphatic heterocycles. The van der Waals surface area contributed by atoms with Crippen molar-refractivity contribution in [2.75, 3.05) is 6.54 Å². The largest absolute Gasteiger partial charge is 0.465 e. The molecule has 1 saturated heterocycles. The predicted molar refractivity (Wildman–Crippen MR) is 79.8 cm³/mol. The molecule has 2 heterocycles. The molecular weight excluding hydrogens is 308 g/mol. The summed E-state index contributed by atoms with van der Waals surface area (Å²) in [5, 5.41) is 18.0. The minimum Gasteiger partial charge on any atom is -0.465 e. The van der Waals surface area contributed by atoms with Gasteiger partial charge in [-0.05, 0) is 45.1 Å². The Morgan fingerprint density at radius 2 is 2.23 bits per heavy atom. The first-order valence-electron chi connectivity index (χ1n) is 7.16. The van der Waals surface area contributed by atoms with Crippen molar-refractivity contribution < 1.29 is 18.3 Å². The van der Waals surface area contributed by atoms with Crippen LogP contribution in [0.4, 0.5) is 4.79 Å². The summed E-state index contributed by atoms with van der Waals surface area (Å²) in [6.45, 7) is 5.00. The number of nitrogens with zero attached hydrogens (tertiary/aromatic N) is 3. The normalized spacial score (nSPS) is 21.2. The number of likely N-dealkylation sites (tertiary alicyclic amines) is 1. The minimum atomic E-state index is -3.76. The van der Waals surface area contributed by atoms with Gasteiger partial charge >= 0.3 is 6.09 Å². The van der Waals surface area contributed by atoms with Crippen LogP contribution >= 0.6 is 0 Å². The molecule has 0 saturated carbocycles. The molecule has 1 aromatic rings. The average molecular weight is 330 g/mol. The quantitative estimate of drug-likeness (QED) is 0.837. The Labute approximate surface area is 129 Å². The molecule has 3 N–H and O–H groups in total. The molecule has 1 amide bonds. The van der Waals surface area contributed by atoms with E-state index in [1.54, 1.807) is 10.9 Å². The molecule has 0 aliphatic carbocycles. The number of hydrogen-bond donors (Lipinski definition) is 2. The lowest BCUT2D eigenvalue weighted by Crippen LogP contribution is -2.41. The van der Waals surface area contributed by atoms with E-state index in [2.05, 4.69) is 5.10 Å². The fourth-order valence-corrected chi connectivity index (χ4v) is 3.55. The third-order valence-electron chi connectivity index (χ3n) is 4.10. The number of aromatic nitrogens is 2. The van der Waals surface area contributed by atoms with Gasteiger partial charge in [0, 0.05) is 24.8 Å². The second-order valence-corrected chi connectivity index (χ2v) is 7.89. The molecular formula is C13H22N4O4S. The molecule has 2 rings (SSSR count). The number of aryl methyl sites for hydroxylation is 1. The second-order valence-electron chi connectivity index (χ2n) is 6.38. The van der Waals surface area contributed by atoms with Crippen LogP contribution < -0.4 is 5.14 Å². The highest BCUT2D eigenvalue weighted by Crippen LogP contribution is 2.34. The van der Waals surface area contributed by atoms with Crippen molar-refractivity contribution in [2.24, 2.45) is 11.1 Å². The maximum absolute atomic E-state index is 11.2. The zero-order valence-corrected chi connectivity index (χ0v) is 13.6.